The van der Waals surface area contributed by atoms with Crippen LogP contribution < -0.4 is 15.4 Å². The molecule has 1 aromatic heterocycles. The molecule has 0 atom stereocenters. The summed E-state index contributed by atoms with van der Waals surface area (Å²) >= 11 is 0. The van der Waals surface area contributed by atoms with E-state index >= 15 is 0 Å². The minimum absolute atomic E-state index is 0.224. The molecule has 0 aliphatic carbocycles. The summed E-state index contributed by atoms with van der Waals surface area (Å²) in [5, 5.41) is 6.03. The zero-order valence-corrected chi connectivity index (χ0v) is 16.1. The Morgan fingerprint density at radius 2 is 1.62 bits per heavy atom. The van der Waals surface area contributed by atoms with Gasteiger partial charge < -0.3 is 20.1 Å². The first-order valence-electron chi connectivity index (χ1n) is 8.90. The Kier molecular flexibility index (Phi) is 6.42. The van der Waals surface area contributed by atoms with Gasteiger partial charge in [-0.1, -0.05) is 12.1 Å². The molecule has 29 heavy (non-hydrogen) atoms. The van der Waals surface area contributed by atoms with Gasteiger partial charge in [-0.05, 0) is 48.0 Å². The molecule has 148 valence electrons. The Morgan fingerprint density at radius 1 is 0.897 bits per heavy atom. The van der Waals surface area contributed by atoms with E-state index in [1.54, 1.807) is 43.6 Å². The minimum Gasteiger partial charge on any atom is -0.497 e. The van der Waals surface area contributed by atoms with Crippen molar-refractivity contribution in [1.82, 2.24) is 10.3 Å². The van der Waals surface area contributed by atoms with E-state index in [9.17, 15) is 9.59 Å². The molecule has 7 heteroatoms. The largest absolute Gasteiger partial charge is 0.497 e. The lowest BCUT2D eigenvalue weighted by Gasteiger charge is -2.09. The molecule has 0 aliphatic heterocycles. The third-order valence-electron chi connectivity index (χ3n) is 4.21. The molecule has 3 rings (SSSR count). The molecule has 2 N–H and O–H groups in total. The summed E-state index contributed by atoms with van der Waals surface area (Å²) in [6.07, 6.45) is 3.13. The third-order valence-corrected chi connectivity index (χ3v) is 4.21. The number of carbonyl (C=O) groups is 2. The lowest BCUT2D eigenvalue weighted by Crippen LogP contribution is -2.23. The average molecular weight is 391 g/mol. The molecule has 0 fully saturated rings. The van der Waals surface area contributed by atoms with Gasteiger partial charge in [0.05, 0.1) is 37.2 Å². The molecule has 0 radical (unpaired) electrons. The molecule has 0 unspecified atom stereocenters. The Bertz CT molecular complexity index is 986. The highest BCUT2D eigenvalue weighted by molar-refractivity contribution is 5.95. The number of anilines is 2. The topological polar surface area (TPSA) is 89.5 Å². The molecule has 1 heterocycles. The van der Waals surface area contributed by atoms with Gasteiger partial charge in [-0.15, -0.1) is 0 Å². The molecule has 0 saturated carbocycles. The van der Waals surface area contributed by atoms with Crippen molar-refractivity contribution >= 4 is 23.3 Å². The van der Waals surface area contributed by atoms with Gasteiger partial charge >= 0.3 is 5.97 Å². The fraction of sp³-hybridized carbons (Fsp3) is 0.136. The Balaban J connectivity index is 1.62. The van der Waals surface area contributed by atoms with Gasteiger partial charge in [0, 0.05) is 18.4 Å². The van der Waals surface area contributed by atoms with Gasteiger partial charge in [0.25, 0.3) is 5.91 Å². The molecule has 3 aromatic rings. The Hall–Kier alpha value is -3.87. The second kappa shape index (κ2) is 9.36. The van der Waals surface area contributed by atoms with Gasteiger partial charge in [0.15, 0.2) is 0 Å². The number of nitrogens with zero attached hydrogens (tertiary/aromatic N) is 1. The van der Waals surface area contributed by atoms with E-state index in [0.717, 1.165) is 17.0 Å². The van der Waals surface area contributed by atoms with Crippen LogP contribution in [0, 0.1) is 0 Å². The van der Waals surface area contributed by atoms with Crippen LogP contribution in [0.15, 0.2) is 67.0 Å². The summed E-state index contributed by atoms with van der Waals surface area (Å²) in [7, 11) is 2.95. The number of carbonyl (C=O) groups excluding carboxylic acids is 2. The molecule has 2 aromatic carbocycles. The van der Waals surface area contributed by atoms with Crippen LogP contribution in [0.1, 0.15) is 26.3 Å². The fourth-order valence-corrected chi connectivity index (χ4v) is 2.63. The molecular formula is C22H21N3O4. The number of nitrogens with one attached hydrogen (secondary N) is 2. The lowest BCUT2D eigenvalue weighted by molar-refractivity contribution is 0.0600. The van der Waals surface area contributed by atoms with E-state index in [-0.39, 0.29) is 5.91 Å². The number of ether oxygens (including phenoxy) is 2. The van der Waals surface area contributed by atoms with Crippen molar-refractivity contribution < 1.29 is 19.1 Å². The van der Waals surface area contributed by atoms with Crippen LogP contribution in [-0.4, -0.2) is 31.1 Å². The van der Waals surface area contributed by atoms with Gasteiger partial charge in [0.2, 0.25) is 0 Å². The van der Waals surface area contributed by atoms with Crippen LogP contribution in [0.5, 0.6) is 5.75 Å². The van der Waals surface area contributed by atoms with Crippen LogP contribution >= 0.6 is 0 Å². The predicted molar refractivity (Wildman–Crippen MR) is 109 cm³/mol. The summed E-state index contributed by atoms with van der Waals surface area (Å²) in [4.78, 5) is 28.1. The van der Waals surface area contributed by atoms with E-state index in [2.05, 4.69) is 20.4 Å². The summed E-state index contributed by atoms with van der Waals surface area (Å²) < 4.78 is 9.81. The number of hydrogen-bond donors (Lipinski definition) is 2. The minimum atomic E-state index is -0.395. The van der Waals surface area contributed by atoms with Gasteiger partial charge in [-0.2, -0.15) is 0 Å². The van der Waals surface area contributed by atoms with Crippen molar-refractivity contribution in [1.29, 1.82) is 0 Å². The van der Waals surface area contributed by atoms with E-state index in [1.807, 2.05) is 24.3 Å². The zero-order chi connectivity index (χ0) is 20.6. The number of hydrogen-bond acceptors (Lipinski definition) is 6. The van der Waals surface area contributed by atoms with Crippen LogP contribution in [-0.2, 0) is 11.3 Å². The monoisotopic (exact) mass is 391 g/mol. The summed E-state index contributed by atoms with van der Waals surface area (Å²) in [5.41, 5.74) is 3.28. The second-order valence-electron chi connectivity index (χ2n) is 6.19. The van der Waals surface area contributed by atoms with Crippen molar-refractivity contribution in [3.05, 3.63) is 83.7 Å². The molecule has 0 spiro atoms. The Morgan fingerprint density at radius 3 is 2.28 bits per heavy atom. The fourth-order valence-electron chi connectivity index (χ4n) is 2.63. The zero-order valence-electron chi connectivity index (χ0n) is 16.1. The van der Waals surface area contributed by atoms with E-state index in [1.165, 1.54) is 13.3 Å². The summed E-state index contributed by atoms with van der Waals surface area (Å²) in [5.74, 6) is 0.148. The van der Waals surface area contributed by atoms with Crippen molar-refractivity contribution in [2.24, 2.45) is 0 Å². The first kappa shape index (κ1) is 19.9. The van der Waals surface area contributed by atoms with Crippen molar-refractivity contribution in [2.45, 2.75) is 6.54 Å². The standard InChI is InChI=1S/C22H21N3O4/c1-28-20-9-3-15(4-10-20)12-24-21(26)17-11-19(14-23-13-17)25-18-7-5-16(6-8-18)22(27)29-2/h3-11,13-14,25H,12H2,1-2H3,(H,24,26). The first-order chi connectivity index (χ1) is 14.1. The van der Waals surface area contributed by atoms with Crippen molar-refractivity contribution in [2.75, 3.05) is 19.5 Å². The third kappa shape index (κ3) is 5.32. The number of aromatic nitrogens is 1. The second-order valence-corrected chi connectivity index (χ2v) is 6.19. The number of methoxy groups -OCH3 is 2. The maximum absolute atomic E-state index is 12.4. The van der Waals surface area contributed by atoms with Crippen molar-refractivity contribution in [3.63, 3.8) is 0 Å². The van der Waals surface area contributed by atoms with E-state index < -0.39 is 5.97 Å². The van der Waals surface area contributed by atoms with Crippen molar-refractivity contribution in [3.8, 4) is 5.75 Å². The quantitative estimate of drug-likeness (QED) is 0.599. The highest BCUT2D eigenvalue weighted by Gasteiger charge is 2.08. The van der Waals surface area contributed by atoms with Crippen LogP contribution in [0.25, 0.3) is 0 Å². The molecule has 1 amide bonds. The molecule has 0 aliphatic rings. The van der Waals surface area contributed by atoms with Gasteiger partial charge in [-0.3, -0.25) is 9.78 Å². The highest BCUT2D eigenvalue weighted by atomic mass is 16.5. The summed E-state index contributed by atoms with van der Waals surface area (Å²) in [6, 6.07) is 16.0. The number of benzene rings is 2. The summed E-state index contributed by atoms with van der Waals surface area (Å²) in [6.45, 7) is 0.398. The normalized spacial score (nSPS) is 10.1. The van der Waals surface area contributed by atoms with Gasteiger partial charge in [0.1, 0.15) is 5.75 Å². The number of pyridine rings is 1. The predicted octanol–water partition coefficient (Wildman–Crippen LogP) is 3.55. The van der Waals surface area contributed by atoms with Gasteiger partial charge in [-0.25, -0.2) is 4.79 Å². The maximum atomic E-state index is 12.4. The van der Waals surface area contributed by atoms with E-state index in [0.29, 0.717) is 23.4 Å². The average Bonchev–Trinajstić information content (AvgIpc) is 2.78. The van der Waals surface area contributed by atoms with Crippen LogP contribution in [0.4, 0.5) is 11.4 Å². The number of esters is 1. The number of rotatable bonds is 7. The molecule has 0 saturated heterocycles. The maximum Gasteiger partial charge on any atom is 0.337 e. The van der Waals surface area contributed by atoms with E-state index in [4.69, 9.17) is 4.74 Å². The molecular weight excluding hydrogens is 370 g/mol. The van der Waals surface area contributed by atoms with Crippen LogP contribution in [0.3, 0.4) is 0 Å². The first-order valence-corrected chi connectivity index (χ1v) is 8.90. The number of amides is 1. The highest BCUT2D eigenvalue weighted by Crippen LogP contribution is 2.18. The smallest absolute Gasteiger partial charge is 0.337 e. The molecule has 7 nitrogen and oxygen atoms in total. The Labute approximate surface area is 168 Å². The lowest BCUT2D eigenvalue weighted by atomic mass is 10.2. The molecule has 0 bridgehead atoms. The SMILES string of the molecule is COC(=O)c1ccc(Nc2cncc(C(=O)NCc3ccc(OC)cc3)c2)cc1. The van der Waals surface area contributed by atoms with Crippen LogP contribution in [0.2, 0.25) is 0 Å².